The molecule has 0 unspecified atom stereocenters. The lowest BCUT2D eigenvalue weighted by molar-refractivity contribution is 0.378. The van der Waals surface area contributed by atoms with E-state index in [4.69, 9.17) is 10.3 Å². The highest BCUT2D eigenvalue weighted by Gasteiger charge is 2.08. The fourth-order valence-electron chi connectivity index (χ4n) is 1.47. The molecule has 84 valence electrons. The van der Waals surface area contributed by atoms with Crippen LogP contribution in [0, 0.1) is 6.92 Å². The summed E-state index contributed by atoms with van der Waals surface area (Å²) in [5.74, 6) is 1.28. The lowest BCUT2D eigenvalue weighted by Crippen LogP contribution is -1.91. The third kappa shape index (κ3) is 2.05. The van der Waals surface area contributed by atoms with Crippen molar-refractivity contribution in [1.29, 1.82) is 0 Å². The molecule has 0 aliphatic rings. The Balaban J connectivity index is 2.31. The number of aromatic nitrogens is 2. The van der Waals surface area contributed by atoms with Gasteiger partial charge in [0.05, 0.1) is 0 Å². The van der Waals surface area contributed by atoms with Crippen molar-refractivity contribution in [2.75, 3.05) is 5.73 Å². The van der Waals surface area contributed by atoms with E-state index in [0.717, 1.165) is 29.7 Å². The number of benzene rings is 1. The first kappa shape index (κ1) is 10.7. The molecular formula is C12H15N3O. The van der Waals surface area contributed by atoms with Crippen LogP contribution in [-0.2, 0) is 6.42 Å². The van der Waals surface area contributed by atoms with Crippen LogP contribution in [0.3, 0.4) is 0 Å². The minimum Gasteiger partial charge on any atom is -0.398 e. The third-order valence-corrected chi connectivity index (χ3v) is 2.47. The second-order valence-electron chi connectivity index (χ2n) is 3.83. The van der Waals surface area contributed by atoms with Crippen molar-refractivity contribution in [1.82, 2.24) is 10.1 Å². The van der Waals surface area contributed by atoms with Crippen LogP contribution >= 0.6 is 0 Å². The zero-order valence-corrected chi connectivity index (χ0v) is 9.53. The van der Waals surface area contributed by atoms with E-state index in [1.807, 2.05) is 25.1 Å². The zero-order chi connectivity index (χ0) is 11.5. The summed E-state index contributed by atoms with van der Waals surface area (Å²) in [6, 6.07) is 5.78. The molecule has 1 heterocycles. The van der Waals surface area contributed by atoms with E-state index in [9.17, 15) is 0 Å². The van der Waals surface area contributed by atoms with Crippen LogP contribution in [0.25, 0.3) is 11.4 Å². The Kier molecular flexibility index (Phi) is 2.90. The van der Waals surface area contributed by atoms with Crippen molar-refractivity contribution in [3.63, 3.8) is 0 Å². The molecule has 0 spiro atoms. The Hall–Kier alpha value is -1.84. The summed E-state index contributed by atoms with van der Waals surface area (Å²) in [7, 11) is 0. The third-order valence-electron chi connectivity index (χ3n) is 2.47. The summed E-state index contributed by atoms with van der Waals surface area (Å²) < 4.78 is 5.13. The van der Waals surface area contributed by atoms with Gasteiger partial charge in [-0.2, -0.15) is 4.98 Å². The standard InChI is InChI=1S/C12H15N3O/c1-3-4-11-14-12(15-16-11)9-6-5-8(2)10(13)7-9/h5-7H,3-4,13H2,1-2H3. The van der Waals surface area contributed by atoms with Crippen LogP contribution in [0.5, 0.6) is 0 Å². The molecule has 0 fully saturated rings. The van der Waals surface area contributed by atoms with Crippen molar-refractivity contribution in [2.45, 2.75) is 26.7 Å². The summed E-state index contributed by atoms with van der Waals surface area (Å²) >= 11 is 0. The van der Waals surface area contributed by atoms with Crippen molar-refractivity contribution in [2.24, 2.45) is 0 Å². The van der Waals surface area contributed by atoms with Gasteiger partial charge in [0, 0.05) is 17.7 Å². The molecule has 0 bridgehead atoms. The summed E-state index contributed by atoms with van der Waals surface area (Å²) in [6.45, 7) is 4.05. The van der Waals surface area contributed by atoms with Crippen LogP contribution in [0.2, 0.25) is 0 Å². The predicted octanol–water partition coefficient (Wildman–Crippen LogP) is 2.58. The molecule has 1 aromatic heterocycles. The number of hydrogen-bond acceptors (Lipinski definition) is 4. The number of rotatable bonds is 3. The van der Waals surface area contributed by atoms with Crippen LogP contribution in [-0.4, -0.2) is 10.1 Å². The topological polar surface area (TPSA) is 64.9 Å². The normalized spacial score (nSPS) is 10.6. The Labute approximate surface area is 94.5 Å². The number of nitrogens with zero attached hydrogens (tertiary/aromatic N) is 2. The molecule has 1 aromatic carbocycles. The average Bonchev–Trinajstić information content (AvgIpc) is 2.71. The fourth-order valence-corrected chi connectivity index (χ4v) is 1.47. The van der Waals surface area contributed by atoms with Gasteiger partial charge < -0.3 is 10.3 Å². The highest BCUT2D eigenvalue weighted by atomic mass is 16.5. The molecule has 2 aromatic rings. The van der Waals surface area contributed by atoms with E-state index in [1.165, 1.54) is 0 Å². The van der Waals surface area contributed by atoms with E-state index in [0.29, 0.717) is 11.7 Å². The number of nitrogen functional groups attached to an aromatic ring is 1. The van der Waals surface area contributed by atoms with Gasteiger partial charge >= 0.3 is 0 Å². The molecule has 0 saturated heterocycles. The Bertz CT molecular complexity index is 491. The fraction of sp³-hybridized carbons (Fsp3) is 0.333. The summed E-state index contributed by atoms with van der Waals surface area (Å²) in [4.78, 5) is 4.31. The maximum absolute atomic E-state index is 5.84. The maximum Gasteiger partial charge on any atom is 0.226 e. The highest BCUT2D eigenvalue weighted by Crippen LogP contribution is 2.21. The lowest BCUT2D eigenvalue weighted by Gasteiger charge is -2.00. The molecule has 2 rings (SSSR count). The molecule has 0 saturated carbocycles. The minimum absolute atomic E-state index is 0.607. The van der Waals surface area contributed by atoms with Gasteiger partial charge in [-0.15, -0.1) is 0 Å². The van der Waals surface area contributed by atoms with Gasteiger partial charge in [0.1, 0.15) is 0 Å². The molecule has 2 N–H and O–H groups in total. The van der Waals surface area contributed by atoms with Gasteiger partial charge in [-0.25, -0.2) is 0 Å². The largest absolute Gasteiger partial charge is 0.398 e. The maximum atomic E-state index is 5.84. The van der Waals surface area contributed by atoms with E-state index in [1.54, 1.807) is 0 Å². The second kappa shape index (κ2) is 4.35. The Morgan fingerprint density at radius 3 is 2.88 bits per heavy atom. The number of nitrogens with two attached hydrogens (primary N) is 1. The van der Waals surface area contributed by atoms with Crippen molar-refractivity contribution >= 4 is 5.69 Å². The number of anilines is 1. The Morgan fingerprint density at radius 2 is 2.19 bits per heavy atom. The van der Waals surface area contributed by atoms with Crippen LogP contribution < -0.4 is 5.73 Å². The molecule has 4 heteroatoms. The van der Waals surface area contributed by atoms with Gasteiger partial charge in [0.25, 0.3) is 0 Å². The van der Waals surface area contributed by atoms with Crippen LogP contribution in [0.15, 0.2) is 22.7 Å². The summed E-state index contributed by atoms with van der Waals surface area (Å²) in [5, 5.41) is 3.93. The smallest absolute Gasteiger partial charge is 0.226 e. The van der Waals surface area contributed by atoms with Crippen molar-refractivity contribution in [3.8, 4) is 11.4 Å². The first-order valence-corrected chi connectivity index (χ1v) is 5.39. The first-order valence-electron chi connectivity index (χ1n) is 5.39. The lowest BCUT2D eigenvalue weighted by atomic mass is 10.1. The SMILES string of the molecule is CCCc1nc(-c2ccc(C)c(N)c2)no1. The van der Waals surface area contributed by atoms with Crippen LogP contribution in [0.1, 0.15) is 24.8 Å². The second-order valence-corrected chi connectivity index (χ2v) is 3.83. The number of aryl methyl sites for hydroxylation is 2. The van der Waals surface area contributed by atoms with E-state index >= 15 is 0 Å². The van der Waals surface area contributed by atoms with Gasteiger partial charge in [-0.1, -0.05) is 24.2 Å². The van der Waals surface area contributed by atoms with Crippen molar-refractivity contribution in [3.05, 3.63) is 29.7 Å². The Morgan fingerprint density at radius 1 is 1.38 bits per heavy atom. The number of hydrogen-bond donors (Lipinski definition) is 1. The van der Waals surface area contributed by atoms with Gasteiger partial charge in [0.2, 0.25) is 11.7 Å². The van der Waals surface area contributed by atoms with E-state index in [2.05, 4.69) is 17.1 Å². The minimum atomic E-state index is 0.607. The van der Waals surface area contributed by atoms with Crippen molar-refractivity contribution < 1.29 is 4.52 Å². The average molecular weight is 217 g/mol. The molecule has 16 heavy (non-hydrogen) atoms. The van der Waals surface area contributed by atoms with Crippen LogP contribution in [0.4, 0.5) is 5.69 Å². The summed E-state index contributed by atoms with van der Waals surface area (Å²) in [6.07, 6.45) is 1.81. The summed E-state index contributed by atoms with van der Waals surface area (Å²) in [5.41, 5.74) is 8.54. The van der Waals surface area contributed by atoms with E-state index < -0.39 is 0 Å². The van der Waals surface area contributed by atoms with Gasteiger partial charge in [0.15, 0.2) is 0 Å². The molecular weight excluding hydrogens is 202 g/mol. The quantitative estimate of drug-likeness (QED) is 0.802. The first-order chi connectivity index (χ1) is 7.70. The van der Waals surface area contributed by atoms with Gasteiger partial charge in [-0.05, 0) is 25.0 Å². The molecule has 0 aliphatic carbocycles. The molecule has 0 aliphatic heterocycles. The highest BCUT2D eigenvalue weighted by molar-refractivity contribution is 5.63. The van der Waals surface area contributed by atoms with E-state index in [-0.39, 0.29) is 0 Å². The zero-order valence-electron chi connectivity index (χ0n) is 9.53. The monoisotopic (exact) mass is 217 g/mol. The molecule has 0 amide bonds. The molecule has 0 radical (unpaired) electrons. The molecule has 4 nitrogen and oxygen atoms in total. The predicted molar refractivity (Wildman–Crippen MR) is 62.9 cm³/mol. The molecule has 0 atom stereocenters. The van der Waals surface area contributed by atoms with Gasteiger partial charge in [-0.3, -0.25) is 0 Å².